The fourth-order valence-corrected chi connectivity index (χ4v) is 1.10. The zero-order chi connectivity index (χ0) is 11.9. The number of nitrogens with one attached hydrogen (secondary N) is 1. The number of hydrogen-bond donors (Lipinski definition) is 2. The van der Waals surface area contributed by atoms with E-state index in [0.29, 0.717) is 0 Å². The van der Waals surface area contributed by atoms with E-state index in [9.17, 15) is 22.8 Å². The molecule has 0 aliphatic rings. The normalized spacial score (nSPS) is 11.1. The van der Waals surface area contributed by atoms with Crippen LogP contribution in [0.15, 0.2) is 0 Å². The molecule has 1 amide bonds. The van der Waals surface area contributed by atoms with Crippen molar-refractivity contribution in [3.8, 4) is 0 Å². The molecule has 0 aliphatic heterocycles. The first-order valence-electron chi connectivity index (χ1n) is 4.00. The van der Waals surface area contributed by atoms with E-state index >= 15 is 0 Å². The molecular formula is C7H10F3NO3S. The molecule has 0 rings (SSSR count). The van der Waals surface area contributed by atoms with Gasteiger partial charge in [0.15, 0.2) is 0 Å². The molecule has 0 fully saturated rings. The van der Waals surface area contributed by atoms with E-state index in [-0.39, 0.29) is 36.9 Å². The second-order valence-corrected chi connectivity index (χ2v) is 3.70. The molecular weight excluding hydrogens is 235 g/mol. The summed E-state index contributed by atoms with van der Waals surface area (Å²) < 4.78 is 34.8. The number of carboxylic acid groups (broad SMARTS) is 1. The maximum atomic E-state index is 11.6. The number of alkyl halides is 3. The Labute approximate surface area is 88.2 Å². The standard InChI is InChI=1S/C7H10F3NO3S/c8-7(9,10)15-4-3-11-5(12)1-2-6(13)14/h1-4H2,(H,11,12)(H,13,14). The number of thioether (sulfide) groups is 1. The summed E-state index contributed by atoms with van der Waals surface area (Å²) in [5, 5.41) is 10.4. The molecule has 0 spiro atoms. The highest BCUT2D eigenvalue weighted by Crippen LogP contribution is 2.29. The molecule has 0 atom stereocenters. The molecule has 0 saturated carbocycles. The predicted molar refractivity (Wildman–Crippen MR) is 48.4 cm³/mol. The van der Waals surface area contributed by atoms with Crippen LogP contribution in [0.2, 0.25) is 0 Å². The van der Waals surface area contributed by atoms with Crippen molar-refractivity contribution in [2.45, 2.75) is 18.3 Å². The van der Waals surface area contributed by atoms with Crippen molar-refractivity contribution in [2.75, 3.05) is 12.3 Å². The molecule has 0 saturated heterocycles. The van der Waals surface area contributed by atoms with Gasteiger partial charge in [-0.25, -0.2) is 0 Å². The third-order valence-corrected chi connectivity index (χ3v) is 1.99. The number of amides is 1. The summed E-state index contributed by atoms with van der Waals surface area (Å²) in [7, 11) is 0. The number of rotatable bonds is 6. The smallest absolute Gasteiger partial charge is 0.441 e. The van der Waals surface area contributed by atoms with E-state index in [4.69, 9.17) is 5.11 Å². The number of hydrogen-bond acceptors (Lipinski definition) is 3. The molecule has 0 unspecified atom stereocenters. The van der Waals surface area contributed by atoms with Crippen molar-refractivity contribution < 1.29 is 27.9 Å². The van der Waals surface area contributed by atoms with Crippen LogP contribution in [0.25, 0.3) is 0 Å². The second kappa shape index (κ2) is 6.54. The largest absolute Gasteiger partial charge is 0.481 e. The lowest BCUT2D eigenvalue weighted by Crippen LogP contribution is -2.26. The fraction of sp³-hybridized carbons (Fsp3) is 0.714. The van der Waals surface area contributed by atoms with Gasteiger partial charge in [0, 0.05) is 18.7 Å². The van der Waals surface area contributed by atoms with Gasteiger partial charge in [0.2, 0.25) is 5.91 Å². The lowest BCUT2D eigenvalue weighted by molar-refractivity contribution is -0.138. The van der Waals surface area contributed by atoms with Gasteiger partial charge in [0.05, 0.1) is 6.42 Å². The van der Waals surface area contributed by atoms with Crippen LogP contribution in [0.4, 0.5) is 13.2 Å². The molecule has 0 bridgehead atoms. The van der Waals surface area contributed by atoms with Crippen molar-refractivity contribution in [3.63, 3.8) is 0 Å². The summed E-state index contributed by atoms with van der Waals surface area (Å²) in [6.07, 6.45) is -0.537. The zero-order valence-corrected chi connectivity index (χ0v) is 8.45. The lowest BCUT2D eigenvalue weighted by Gasteiger charge is -2.06. The topological polar surface area (TPSA) is 66.4 Å². The summed E-state index contributed by atoms with van der Waals surface area (Å²) >= 11 is -0.231. The maximum Gasteiger partial charge on any atom is 0.441 e. The minimum absolute atomic E-state index is 0.122. The van der Waals surface area contributed by atoms with Crippen molar-refractivity contribution in [2.24, 2.45) is 0 Å². The first-order chi connectivity index (χ1) is 6.81. The van der Waals surface area contributed by atoms with Crippen molar-refractivity contribution in [3.05, 3.63) is 0 Å². The highest BCUT2D eigenvalue weighted by atomic mass is 32.2. The number of carboxylic acids is 1. The Bertz CT molecular complexity index is 232. The van der Waals surface area contributed by atoms with Gasteiger partial charge in [0.1, 0.15) is 0 Å². The van der Waals surface area contributed by atoms with Crippen LogP contribution in [0.1, 0.15) is 12.8 Å². The Hall–Kier alpha value is -0.920. The number of aliphatic carboxylic acids is 1. The Morgan fingerprint density at radius 3 is 2.33 bits per heavy atom. The third-order valence-electron chi connectivity index (χ3n) is 1.26. The van der Waals surface area contributed by atoms with Crippen LogP contribution in [0.3, 0.4) is 0 Å². The predicted octanol–water partition coefficient (Wildman–Crippen LogP) is 1.22. The molecule has 0 aromatic carbocycles. The van der Waals surface area contributed by atoms with Gasteiger partial charge in [0.25, 0.3) is 0 Å². The zero-order valence-electron chi connectivity index (χ0n) is 7.63. The van der Waals surface area contributed by atoms with E-state index in [2.05, 4.69) is 5.32 Å². The molecule has 88 valence electrons. The molecule has 0 aliphatic carbocycles. The Morgan fingerprint density at radius 1 is 1.27 bits per heavy atom. The first kappa shape index (κ1) is 14.1. The molecule has 0 aromatic rings. The highest BCUT2D eigenvalue weighted by molar-refractivity contribution is 8.00. The van der Waals surface area contributed by atoms with Crippen LogP contribution in [-0.4, -0.2) is 34.8 Å². The van der Waals surface area contributed by atoms with Crippen LogP contribution in [-0.2, 0) is 9.59 Å². The lowest BCUT2D eigenvalue weighted by atomic mass is 10.3. The second-order valence-electron chi connectivity index (χ2n) is 2.54. The number of halogens is 3. The maximum absolute atomic E-state index is 11.6. The van der Waals surface area contributed by atoms with Crippen LogP contribution < -0.4 is 5.32 Å². The van der Waals surface area contributed by atoms with Gasteiger partial charge >= 0.3 is 11.5 Å². The van der Waals surface area contributed by atoms with Crippen LogP contribution >= 0.6 is 11.8 Å². The molecule has 4 nitrogen and oxygen atoms in total. The molecule has 0 heterocycles. The minimum Gasteiger partial charge on any atom is -0.481 e. The Kier molecular flexibility index (Phi) is 6.14. The highest BCUT2D eigenvalue weighted by Gasteiger charge is 2.27. The van der Waals surface area contributed by atoms with E-state index in [1.807, 2.05) is 0 Å². The molecule has 0 aromatic heterocycles. The van der Waals surface area contributed by atoms with E-state index in [1.54, 1.807) is 0 Å². The quantitative estimate of drug-likeness (QED) is 0.690. The van der Waals surface area contributed by atoms with Crippen LogP contribution in [0.5, 0.6) is 0 Å². The van der Waals surface area contributed by atoms with E-state index in [0.717, 1.165) is 0 Å². The summed E-state index contributed by atoms with van der Waals surface area (Å²) in [6, 6.07) is 0. The van der Waals surface area contributed by atoms with Gasteiger partial charge in [-0.05, 0) is 11.8 Å². The third kappa shape index (κ3) is 11.0. The monoisotopic (exact) mass is 245 g/mol. The molecule has 0 radical (unpaired) electrons. The van der Waals surface area contributed by atoms with Crippen molar-refractivity contribution in [1.82, 2.24) is 5.32 Å². The van der Waals surface area contributed by atoms with Crippen LogP contribution in [0, 0.1) is 0 Å². The van der Waals surface area contributed by atoms with Gasteiger partial charge in [-0.15, -0.1) is 0 Å². The number of carbonyl (C=O) groups is 2. The van der Waals surface area contributed by atoms with E-state index in [1.165, 1.54) is 0 Å². The fourth-order valence-electron chi connectivity index (χ4n) is 0.666. The Morgan fingerprint density at radius 2 is 1.87 bits per heavy atom. The Balaban J connectivity index is 3.44. The van der Waals surface area contributed by atoms with Gasteiger partial charge < -0.3 is 10.4 Å². The molecule has 8 heteroatoms. The van der Waals surface area contributed by atoms with E-state index < -0.39 is 17.4 Å². The first-order valence-corrected chi connectivity index (χ1v) is 4.99. The average Bonchev–Trinajstić information content (AvgIpc) is 2.07. The summed E-state index contributed by atoms with van der Waals surface area (Å²) in [4.78, 5) is 20.8. The molecule has 15 heavy (non-hydrogen) atoms. The van der Waals surface area contributed by atoms with Gasteiger partial charge in [-0.2, -0.15) is 13.2 Å². The number of carbonyl (C=O) groups excluding carboxylic acids is 1. The average molecular weight is 245 g/mol. The SMILES string of the molecule is O=C(O)CCC(=O)NCCSC(F)(F)F. The van der Waals surface area contributed by atoms with Crippen molar-refractivity contribution in [1.29, 1.82) is 0 Å². The summed E-state index contributed by atoms with van der Waals surface area (Å²) in [6.45, 7) is -0.122. The molecule has 2 N–H and O–H groups in total. The summed E-state index contributed by atoms with van der Waals surface area (Å²) in [5.74, 6) is -1.95. The van der Waals surface area contributed by atoms with Gasteiger partial charge in [-0.1, -0.05) is 0 Å². The minimum atomic E-state index is -4.30. The van der Waals surface area contributed by atoms with Gasteiger partial charge in [-0.3, -0.25) is 9.59 Å². The summed E-state index contributed by atoms with van der Waals surface area (Å²) in [5.41, 5.74) is -4.30. The van der Waals surface area contributed by atoms with Crippen molar-refractivity contribution >= 4 is 23.6 Å².